The molecular formula is C24H25F3N4O4. The average Bonchev–Trinajstić information content (AvgIpc) is 3.26. The summed E-state index contributed by atoms with van der Waals surface area (Å²) in [6.45, 7) is 1.62. The monoisotopic (exact) mass is 490 g/mol. The molecule has 0 bridgehead atoms. The zero-order chi connectivity index (χ0) is 25.3. The summed E-state index contributed by atoms with van der Waals surface area (Å²) >= 11 is 0. The van der Waals surface area contributed by atoms with Crippen LogP contribution >= 0.6 is 0 Å². The molecule has 1 aromatic heterocycles. The predicted octanol–water partition coefficient (Wildman–Crippen LogP) is 4.87. The van der Waals surface area contributed by atoms with E-state index in [1.165, 1.54) is 14.2 Å². The van der Waals surface area contributed by atoms with Crippen molar-refractivity contribution in [2.75, 3.05) is 24.9 Å². The fourth-order valence-corrected chi connectivity index (χ4v) is 4.06. The Hall–Kier alpha value is -3.73. The maximum Gasteiger partial charge on any atom is 0.410 e. The minimum absolute atomic E-state index is 0.0240. The van der Waals surface area contributed by atoms with Gasteiger partial charge in [0.15, 0.2) is 17.5 Å². The van der Waals surface area contributed by atoms with Crippen molar-refractivity contribution in [1.82, 2.24) is 9.78 Å². The quantitative estimate of drug-likeness (QED) is 0.456. The highest BCUT2D eigenvalue weighted by atomic mass is 19.4. The van der Waals surface area contributed by atoms with Gasteiger partial charge in [-0.1, -0.05) is 18.2 Å². The summed E-state index contributed by atoms with van der Waals surface area (Å²) in [5.41, 5.74) is 1.62. The standard InChI is InChI=1S/C24H25F3N4O4/c1-13(32)14-4-7-16(8-5-14)29-23(33)17-12-28-31-21(24(25,26)27)11-18(30-22(17)31)15-6-9-19(34-2)20(10-15)35-3/h4-10,12-13,18,21,30,32H,11H2,1-3H3,(H,29,33)/t13-,18-,21-/m0/s1. The van der Waals surface area contributed by atoms with Gasteiger partial charge in [0.05, 0.1) is 32.6 Å². The van der Waals surface area contributed by atoms with Gasteiger partial charge in [-0.3, -0.25) is 4.79 Å². The Morgan fingerprint density at radius 2 is 1.86 bits per heavy atom. The third-order valence-corrected chi connectivity index (χ3v) is 5.94. The lowest BCUT2D eigenvalue weighted by molar-refractivity contribution is -0.173. The number of alkyl halides is 3. The van der Waals surface area contributed by atoms with Gasteiger partial charge >= 0.3 is 6.18 Å². The van der Waals surface area contributed by atoms with E-state index in [2.05, 4.69) is 15.7 Å². The second-order valence-corrected chi connectivity index (χ2v) is 8.21. The highest BCUT2D eigenvalue weighted by Gasteiger charge is 2.47. The summed E-state index contributed by atoms with van der Waals surface area (Å²) in [7, 11) is 2.91. The van der Waals surface area contributed by atoms with Crippen LogP contribution in [0.1, 0.15) is 53.0 Å². The van der Waals surface area contributed by atoms with Crippen molar-refractivity contribution in [3.63, 3.8) is 0 Å². The number of aliphatic hydroxyl groups is 1. The van der Waals surface area contributed by atoms with Gasteiger partial charge in [0, 0.05) is 12.1 Å². The predicted molar refractivity (Wildman–Crippen MR) is 123 cm³/mol. The number of ether oxygens (including phenoxy) is 2. The van der Waals surface area contributed by atoms with Crippen LogP contribution in [0.3, 0.4) is 0 Å². The zero-order valence-electron chi connectivity index (χ0n) is 19.3. The molecule has 0 radical (unpaired) electrons. The highest BCUT2D eigenvalue weighted by molar-refractivity contribution is 6.07. The first-order valence-corrected chi connectivity index (χ1v) is 10.8. The van der Waals surface area contributed by atoms with E-state index in [9.17, 15) is 23.1 Å². The molecule has 35 heavy (non-hydrogen) atoms. The summed E-state index contributed by atoms with van der Waals surface area (Å²) in [6.07, 6.45) is -4.45. The van der Waals surface area contributed by atoms with Crippen LogP contribution in [0, 0.1) is 0 Å². The number of nitrogens with one attached hydrogen (secondary N) is 2. The molecule has 186 valence electrons. The minimum Gasteiger partial charge on any atom is -0.493 e. The number of aliphatic hydroxyl groups excluding tert-OH is 1. The van der Waals surface area contributed by atoms with E-state index in [0.29, 0.717) is 28.3 Å². The summed E-state index contributed by atoms with van der Waals surface area (Å²) < 4.78 is 53.3. The van der Waals surface area contributed by atoms with Crippen molar-refractivity contribution in [2.24, 2.45) is 0 Å². The number of halogens is 3. The number of rotatable bonds is 6. The van der Waals surface area contributed by atoms with E-state index in [1.54, 1.807) is 49.4 Å². The zero-order valence-corrected chi connectivity index (χ0v) is 19.3. The second kappa shape index (κ2) is 9.49. The van der Waals surface area contributed by atoms with E-state index in [4.69, 9.17) is 9.47 Å². The van der Waals surface area contributed by atoms with Gasteiger partial charge in [0.25, 0.3) is 5.91 Å². The number of carbonyl (C=O) groups is 1. The van der Waals surface area contributed by atoms with Crippen LogP contribution < -0.4 is 20.1 Å². The fraction of sp³-hybridized carbons (Fsp3) is 0.333. The lowest BCUT2D eigenvalue weighted by Crippen LogP contribution is -2.36. The van der Waals surface area contributed by atoms with Crippen molar-refractivity contribution in [3.8, 4) is 11.5 Å². The molecule has 1 aliphatic rings. The van der Waals surface area contributed by atoms with Gasteiger partial charge in [0.1, 0.15) is 11.4 Å². The van der Waals surface area contributed by atoms with Crippen molar-refractivity contribution < 1.29 is 32.5 Å². The van der Waals surface area contributed by atoms with E-state index < -0.39 is 30.3 Å². The van der Waals surface area contributed by atoms with Gasteiger partial charge in [0.2, 0.25) is 0 Å². The lowest BCUT2D eigenvalue weighted by Gasteiger charge is -2.34. The number of aromatic nitrogens is 2. The van der Waals surface area contributed by atoms with Crippen molar-refractivity contribution in [1.29, 1.82) is 0 Å². The van der Waals surface area contributed by atoms with Crippen LogP contribution in [0.15, 0.2) is 48.7 Å². The van der Waals surface area contributed by atoms with Crippen LogP contribution in [0.2, 0.25) is 0 Å². The maximum absolute atomic E-state index is 14.0. The fourth-order valence-electron chi connectivity index (χ4n) is 4.06. The molecule has 2 heterocycles. The number of hydrogen-bond donors (Lipinski definition) is 3. The molecule has 1 aliphatic heterocycles. The molecular weight excluding hydrogens is 465 g/mol. The van der Waals surface area contributed by atoms with E-state index >= 15 is 0 Å². The number of fused-ring (bicyclic) bond motifs is 1. The topological polar surface area (TPSA) is 97.6 Å². The van der Waals surface area contributed by atoms with Gasteiger partial charge in [-0.15, -0.1) is 0 Å². The Morgan fingerprint density at radius 1 is 1.17 bits per heavy atom. The molecule has 3 N–H and O–H groups in total. The van der Waals surface area contributed by atoms with Gasteiger partial charge < -0.3 is 25.2 Å². The summed E-state index contributed by atoms with van der Waals surface area (Å²) in [5, 5.41) is 19.3. The molecule has 0 saturated heterocycles. The SMILES string of the molecule is COc1ccc([C@@H]2C[C@@H](C(F)(F)F)n3ncc(C(=O)Nc4ccc([C@H](C)O)cc4)c3N2)cc1OC. The number of carbonyl (C=O) groups excluding carboxylic acids is 1. The van der Waals surface area contributed by atoms with Crippen LogP contribution in [0.5, 0.6) is 11.5 Å². The van der Waals surface area contributed by atoms with Crippen molar-refractivity contribution >= 4 is 17.4 Å². The number of anilines is 2. The van der Waals surface area contributed by atoms with E-state index in [0.717, 1.165) is 10.9 Å². The number of nitrogens with zero attached hydrogens (tertiary/aromatic N) is 2. The molecule has 0 unspecified atom stereocenters. The Balaban J connectivity index is 1.66. The van der Waals surface area contributed by atoms with Crippen LogP contribution in [0.4, 0.5) is 24.7 Å². The largest absolute Gasteiger partial charge is 0.493 e. The number of methoxy groups -OCH3 is 2. The first-order valence-electron chi connectivity index (χ1n) is 10.8. The number of hydrogen-bond acceptors (Lipinski definition) is 6. The smallest absolute Gasteiger partial charge is 0.410 e. The third-order valence-electron chi connectivity index (χ3n) is 5.94. The van der Waals surface area contributed by atoms with E-state index in [-0.39, 0.29) is 17.8 Å². The van der Waals surface area contributed by atoms with Crippen molar-refractivity contribution in [2.45, 2.75) is 37.7 Å². The molecule has 3 aromatic rings. The Kier molecular flexibility index (Phi) is 6.62. The summed E-state index contributed by atoms with van der Waals surface area (Å²) in [6, 6.07) is 8.71. The van der Waals surface area contributed by atoms with Gasteiger partial charge in [-0.2, -0.15) is 18.3 Å². The van der Waals surface area contributed by atoms with Crippen LogP contribution in [-0.4, -0.2) is 41.2 Å². The summed E-state index contributed by atoms with van der Waals surface area (Å²) in [5.74, 6) is 0.188. The summed E-state index contributed by atoms with van der Waals surface area (Å²) in [4.78, 5) is 13.0. The molecule has 4 rings (SSSR count). The molecule has 0 saturated carbocycles. The molecule has 1 amide bonds. The molecule has 0 fully saturated rings. The first-order chi connectivity index (χ1) is 16.6. The number of benzene rings is 2. The molecule has 0 aliphatic carbocycles. The van der Waals surface area contributed by atoms with Gasteiger partial charge in [-0.05, 0) is 42.3 Å². The molecule has 8 nitrogen and oxygen atoms in total. The van der Waals surface area contributed by atoms with Crippen LogP contribution in [-0.2, 0) is 0 Å². The molecule has 2 aromatic carbocycles. The minimum atomic E-state index is -4.58. The highest BCUT2D eigenvalue weighted by Crippen LogP contribution is 2.45. The van der Waals surface area contributed by atoms with E-state index in [1.807, 2.05) is 0 Å². The molecule has 3 atom stereocenters. The Morgan fingerprint density at radius 3 is 2.46 bits per heavy atom. The third kappa shape index (κ3) is 4.90. The van der Waals surface area contributed by atoms with Crippen LogP contribution in [0.25, 0.3) is 0 Å². The Bertz CT molecular complexity index is 1210. The lowest BCUT2D eigenvalue weighted by atomic mass is 9.96. The normalized spacial score (nSPS) is 18.3. The van der Waals surface area contributed by atoms with Crippen molar-refractivity contribution in [3.05, 3.63) is 65.4 Å². The molecule has 11 heteroatoms. The molecule has 0 spiro atoms. The first kappa shape index (κ1) is 24.4. The van der Waals surface area contributed by atoms with Gasteiger partial charge in [-0.25, -0.2) is 4.68 Å². The maximum atomic E-state index is 14.0. The number of amides is 1. The Labute approximate surface area is 199 Å². The average molecular weight is 490 g/mol. The second-order valence-electron chi connectivity index (χ2n) is 8.21.